The predicted octanol–water partition coefficient (Wildman–Crippen LogP) is 1.95. The van der Waals surface area contributed by atoms with E-state index in [1.807, 2.05) is 32.5 Å². The Labute approximate surface area is 107 Å². The third kappa shape index (κ3) is 1.85. The Morgan fingerprint density at radius 3 is 2.22 bits per heavy atom. The van der Waals surface area contributed by atoms with Crippen LogP contribution in [0.25, 0.3) is 11.4 Å². The van der Waals surface area contributed by atoms with Crippen molar-refractivity contribution in [1.29, 1.82) is 0 Å². The van der Waals surface area contributed by atoms with Gasteiger partial charge >= 0.3 is 0 Å². The van der Waals surface area contributed by atoms with Crippen LogP contribution in [0.3, 0.4) is 0 Å². The Morgan fingerprint density at radius 1 is 1.11 bits per heavy atom. The summed E-state index contributed by atoms with van der Waals surface area (Å²) < 4.78 is 1.84. The van der Waals surface area contributed by atoms with E-state index in [2.05, 4.69) is 22.0 Å². The number of nitrogens with zero attached hydrogens (tertiary/aromatic N) is 4. The van der Waals surface area contributed by atoms with Gasteiger partial charge in [0.15, 0.2) is 5.82 Å². The van der Waals surface area contributed by atoms with Gasteiger partial charge in [0, 0.05) is 24.0 Å². The molecule has 18 heavy (non-hydrogen) atoms. The quantitative estimate of drug-likeness (QED) is 0.878. The summed E-state index contributed by atoms with van der Waals surface area (Å²) >= 11 is 0. The standard InChI is InChI=1S/C13H19N5/c1-6-10-7(2)15-13(16-12(10)14)11-8(3)17-18(5)9(11)4/h6H2,1-5H3,(H2,14,15,16). The normalized spacial score (nSPS) is 10.9. The van der Waals surface area contributed by atoms with Gasteiger partial charge < -0.3 is 5.73 Å². The lowest BCUT2D eigenvalue weighted by Crippen LogP contribution is -2.05. The van der Waals surface area contributed by atoms with Crippen LogP contribution in [0.4, 0.5) is 5.82 Å². The molecule has 2 rings (SSSR count). The summed E-state index contributed by atoms with van der Waals surface area (Å²) in [6.45, 7) is 8.01. The maximum absolute atomic E-state index is 6.00. The Morgan fingerprint density at radius 2 is 1.78 bits per heavy atom. The number of aryl methyl sites for hydroxylation is 3. The van der Waals surface area contributed by atoms with Crippen LogP contribution in [-0.4, -0.2) is 19.7 Å². The van der Waals surface area contributed by atoms with Gasteiger partial charge in [0.25, 0.3) is 0 Å². The molecule has 2 aromatic rings. The largest absolute Gasteiger partial charge is 0.383 e. The van der Waals surface area contributed by atoms with Gasteiger partial charge in [0.2, 0.25) is 0 Å². The van der Waals surface area contributed by atoms with Crippen molar-refractivity contribution in [3.8, 4) is 11.4 Å². The van der Waals surface area contributed by atoms with Crippen LogP contribution < -0.4 is 5.73 Å². The van der Waals surface area contributed by atoms with Crippen molar-refractivity contribution < 1.29 is 0 Å². The maximum Gasteiger partial charge on any atom is 0.165 e. The Hall–Kier alpha value is -1.91. The highest BCUT2D eigenvalue weighted by Crippen LogP contribution is 2.26. The molecular formula is C13H19N5. The molecule has 0 atom stereocenters. The van der Waals surface area contributed by atoms with E-state index < -0.39 is 0 Å². The van der Waals surface area contributed by atoms with Crippen LogP contribution >= 0.6 is 0 Å². The summed E-state index contributed by atoms with van der Waals surface area (Å²) in [6, 6.07) is 0. The third-order valence-corrected chi connectivity index (χ3v) is 3.33. The molecule has 0 unspecified atom stereocenters. The molecule has 0 aliphatic rings. The molecule has 0 saturated heterocycles. The summed E-state index contributed by atoms with van der Waals surface area (Å²) in [7, 11) is 1.92. The van der Waals surface area contributed by atoms with Crippen molar-refractivity contribution in [3.05, 3.63) is 22.6 Å². The second-order valence-corrected chi connectivity index (χ2v) is 4.52. The van der Waals surface area contributed by atoms with Gasteiger partial charge in [0.05, 0.1) is 11.3 Å². The molecular weight excluding hydrogens is 226 g/mol. The molecule has 5 nitrogen and oxygen atoms in total. The molecule has 2 aromatic heterocycles. The molecule has 0 bridgehead atoms. The van der Waals surface area contributed by atoms with Gasteiger partial charge in [0.1, 0.15) is 5.82 Å². The summed E-state index contributed by atoms with van der Waals surface area (Å²) in [4.78, 5) is 8.99. The SMILES string of the molecule is CCc1c(C)nc(-c2c(C)nn(C)c2C)nc1N. The smallest absolute Gasteiger partial charge is 0.165 e. The van der Waals surface area contributed by atoms with Gasteiger partial charge in [-0.05, 0) is 27.2 Å². The predicted molar refractivity (Wildman–Crippen MR) is 72.2 cm³/mol. The van der Waals surface area contributed by atoms with Crippen LogP contribution in [0.1, 0.15) is 29.6 Å². The molecule has 0 amide bonds. The zero-order chi connectivity index (χ0) is 13.4. The van der Waals surface area contributed by atoms with E-state index in [1.54, 1.807) is 0 Å². The Kier molecular flexibility index (Phi) is 3.07. The average molecular weight is 245 g/mol. The lowest BCUT2D eigenvalue weighted by atomic mass is 10.1. The fraction of sp³-hybridized carbons (Fsp3) is 0.462. The van der Waals surface area contributed by atoms with Gasteiger partial charge in [-0.15, -0.1) is 0 Å². The molecule has 0 radical (unpaired) electrons. The van der Waals surface area contributed by atoms with Crippen molar-refractivity contribution in [3.63, 3.8) is 0 Å². The van der Waals surface area contributed by atoms with Crippen molar-refractivity contribution in [2.75, 3.05) is 5.73 Å². The van der Waals surface area contributed by atoms with Gasteiger partial charge in [-0.3, -0.25) is 4.68 Å². The van der Waals surface area contributed by atoms with E-state index in [9.17, 15) is 0 Å². The minimum absolute atomic E-state index is 0.572. The van der Waals surface area contributed by atoms with Crippen LogP contribution in [0.5, 0.6) is 0 Å². The molecule has 0 aliphatic carbocycles. The van der Waals surface area contributed by atoms with E-state index >= 15 is 0 Å². The molecule has 96 valence electrons. The second kappa shape index (κ2) is 4.40. The van der Waals surface area contributed by atoms with Gasteiger partial charge in [-0.2, -0.15) is 5.10 Å². The highest BCUT2D eigenvalue weighted by atomic mass is 15.3. The molecule has 0 aromatic carbocycles. The molecule has 2 heterocycles. The first-order valence-electron chi connectivity index (χ1n) is 6.09. The lowest BCUT2D eigenvalue weighted by molar-refractivity contribution is 0.731. The lowest BCUT2D eigenvalue weighted by Gasteiger charge is -2.09. The maximum atomic E-state index is 6.00. The second-order valence-electron chi connectivity index (χ2n) is 4.52. The summed E-state index contributed by atoms with van der Waals surface area (Å²) in [6.07, 6.45) is 0.850. The zero-order valence-corrected chi connectivity index (χ0v) is 11.6. The Balaban J connectivity index is 2.65. The summed E-state index contributed by atoms with van der Waals surface area (Å²) in [5.41, 5.74) is 10.9. The number of nitrogens with two attached hydrogens (primary N) is 1. The number of rotatable bonds is 2. The number of anilines is 1. The van der Waals surface area contributed by atoms with E-state index in [1.165, 1.54) is 0 Å². The fourth-order valence-corrected chi connectivity index (χ4v) is 2.26. The molecule has 0 spiro atoms. The number of aromatic nitrogens is 4. The van der Waals surface area contributed by atoms with E-state index in [0.29, 0.717) is 11.6 Å². The summed E-state index contributed by atoms with van der Waals surface area (Å²) in [5.74, 6) is 1.24. The third-order valence-electron chi connectivity index (χ3n) is 3.33. The molecule has 2 N–H and O–H groups in total. The first kappa shape index (κ1) is 12.5. The van der Waals surface area contributed by atoms with E-state index in [4.69, 9.17) is 5.73 Å². The minimum atomic E-state index is 0.572. The van der Waals surface area contributed by atoms with Crippen LogP contribution in [0, 0.1) is 20.8 Å². The highest BCUT2D eigenvalue weighted by Gasteiger charge is 2.16. The number of hydrogen-bond acceptors (Lipinski definition) is 4. The van der Waals surface area contributed by atoms with Crippen molar-refractivity contribution >= 4 is 5.82 Å². The van der Waals surface area contributed by atoms with Crippen molar-refractivity contribution in [2.45, 2.75) is 34.1 Å². The van der Waals surface area contributed by atoms with Crippen molar-refractivity contribution in [1.82, 2.24) is 19.7 Å². The first-order valence-corrected chi connectivity index (χ1v) is 6.09. The summed E-state index contributed by atoms with van der Waals surface area (Å²) in [5, 5.41) is 4.38. The van der Waals surface area contributed by atoms with E-state index in [-0.39, 0.29) is 0 Å². The fourth-order valence-electron chi connectivity index (χ4n) is 2.26. The number of nitrogen functional groups attached to an aromatic ring is 1. The molecule has 0 fully saturated rings. The van der Waals surface area contributed by atoms with Crippen LogP contribution in [0.2, 0.25) is 0 Å². The van der Waals surface area contributed by atoms with E-state index in [0.717, 1.165) is 34.6 Å². The molecule has 5 heteroatoms. The topological polar surface area (TPSA) is 69.6 Å². The minimum Gasteiger partial charge on any atom is -0.383 e. The van der Waals surface area contributed by atoms with Gasteiger partial charge in [-0.25, -0.2) is 9.97 Å². The Bertz CT molecular complexity index is 575. The van der Waals surface area contributed by atoms with Gasteiger partial charge in [-0.1, -0.05) is 6.92 Å². The molecule has 0 aliphatic heterocycles. The first-order chi connectivity index (χ1) is 8.45. The monoisotopic (exact) mass is 245 g/mol. The zero-order valence-electron chi connectivity index (χ0n) is 11.6. The molecule has 0 saturated carbocycles. The highest BCUT2D eigenvalue weighted by molar-refractivity contribution is 5.63. The average Bonchev–Trinajstić information content (AvgIpc) is 2.52. The van der Waals surface area contributed by atoms with Crippen LogP contribution in [-0.2, 0) is 13.5 Å². The number of hydrogen-bond donors (Lipinski definition) is 1. The van der Waals surface area contributed by atoms with Crippen molar-refractivity contribution in [2.24, 2.45) is 7.05 Å². The van der Waals surface area contributed by atoms with Crippen LogP contribution in [0.15, 0.2) is 0 Å².